The van der Waals surface area contributed by atoms with Crippen molar-refractivity contribution in [2.24, 2.45) is 5.41 Å². The Morgan fingerprint density at radius 2 is 1.88 bits per heavy atom. The van der Waals surface area contributed by atoms with Crippen LogP contribution in [0.15, 0.2) is 12.1 Å². The molecule has 1 aromatic heterocycles. The van der Waals surface area contributed by atoms with E-state index in [1.54, 1.807) is 6.07 Å². The van der Waals surface area contributed by atoms with Crippen LogP contribution in [0.25, 0.3) is 0 Å². The Kier molecular flexibility index (Phi) is 3.50. The van der Waals surface area contributed by atoms with E-state index in [9.17, 15) is 9.59 Å². The van der Waals surface area contributed by atoms with Gasteiger partial charge >= 0.3 is 5.97 Å². The van der Waals surface area contributed by atoms with E-state index in [1.165, 1.54) is 13.8 Å². The van der Waals surface area contributed by atoms with Gasteiger partial charge in [-0.3, -0.25) is 9.59 Å². The number of aliphatic carboxylic acids is 1. The summed E-state index contributed by atoms with van der Waals surface area (Å²) in [6.45, 7) is 6.40. The molecule has 0 unspecified atom stereocenters. The minimum absolute atomic E-state index is 0.377. The third kappa shape index (κ3) is 3.03. The lowest BCUT2D eigenvalue weighted by molar-refractivity contribution is -0.151. The molecule has 0 aromatic carbocycles. The van der Waals surface area contributed by atoms with E-state index in [0.717, 1.165) is 11.3 Å². The third-order valence-corrected chi connectivity index (χ3v) is 2.44. The second-order valence-corrected chi connectivity index (χ2v) is 4.56. The van der Waals surface area contributed by atoms with Gasteiger partial charge in [0, 0.05) is 5.69 Å². The summed E-state index contributed by atoms with van der Waals surface area (Å²) in [6.07, 6.45) is 0. The number of hydrogen-bond acceptors (Lipinski definition) is 3. The highest BCUT2D eigenvalue weighted by Crippen LogP contribution is 2.18. The highest BCUT2D eigenvalue weighted by molar-refractivity contribution is 6.07. The van der Waals surface area contributed by atoms with Gasteiger partial charge < -0.3 is 10.4 Å². The van der Waals surface area contributed by atoms with Crippen LogP contribution in [-0.2, 0) is 9.59 Å². The van der Waals surface area contributed by atoms with Crippen molar-refractivity contribution < 1.29 is 14.7 Å². The van der Waals surface area contributed by atoms with Gasteiger partial charge in [0.1, 0.15) is 11.2 Å². The van der Waals surface area contributed by atoms with E-state index in [0.29, 0.717) is 5.82 Å². The largest absolute Gasteiger partial charge is 0.480 e. The molecule has 5 nitrogen and oxygen atoms in total. The van der Waals surface area contributed by atoms with Crippen LogP contribution in [0, 0.1) is 19.3 Å². The number of carbonyl (C=O) groups excluding carboxylic acids is 1. The van der Waals surface area contributed by atoms with Gasteiger partial charge in [0.25, 0.3) is 0 Å². The van der Waals surface area contributed by atoms with Crippen molar-refractivity contribution >= 4 is 17.7 Å². The Hall–Kier alpha value is -1.91. The quantitative estimate of drug-likeness (QED) is 0.783. The van der Waals surface area contributed by atoms with Crippen molar-refractivity contribution in [3.05, 3.63) is 23.4 Å². The fourth-order valence-electron chi connectivity index (χ4n) is 1.28. The number of pyridine rings is 1. The van der Waals surface area contributed by atoms with Gasteiger partial charge in [-0.2, -0.15) is 0 Å². The van der Waals surface area contributed by atoms with E-state index in [1.807, 2.05) is 19.9 Å². The molecule has 0 bridgehead atoms. The summed E-state index contributed by atoms with van der Waals surface area (Å²) in [5.41, 5.74) is 0.258. The maximum absolute atomic E-state index is 11.8. The molecular formula is C12H16N2O3. The maximum Gasteiger partial charge on any atom is 0.318 e. The number of nitrogens with one attached hydrogen (secondary N) is 1. The Morgan fingerprint density at radius 1 is 1.29 bits per heavy atom. The molecule has 0 saturated carbocycles. The monoisotopic (exact) mass is 236 g/mol. The molecule has 1 rings (SSSR count). The molecule has 92 valence electrons. The molecule has 0 aliphatic carbocycles. The van der Waals surface area contributed by atoms with Crippen LogP contribution in [0.3, 0.4) is 0 Å². The number of carboxylic acid groups (broad SMARTS) is 1. The number of anilines is 1. The predicted molar refractivity (Wildman–Crippen MR) is 63.8 cm³/mol. The van der Waals surface area contributed by atoms with Crippen molar-refractivity contribution in [3.63, 3.8) is 0 Å². The van der Waals surface area contributed by atoms with Gasteiger partial charge in [-0.25, -0.2) is 4.98 Å². The molecule has 0 saturated heterocycles. The molecule has 1 aromatic rings. The lowest BCUT2D eigenvalue weighted by Gasteiger charge is -2.18. The molecular weight excluding hydrogens is 220 g/mol. The Morgan fingerprint density at radius 3 is 2.35 bits per heavy atom. The number of nitrogens with zero attached hydrogens (tertiary/aromatic N) is 1. The molecule has 0 radical (unpaired) electrons. The number of carboxylic acids is 1. The van der Waals surface area contributed by atoms with Crippen LogP contribution in [0.2, 0.25) is 0 Å². The SMILES string of the molecule is Cc1cc(C)nc(NC(=O)C(C)(C)C(=O)O)c1. The predicted octanol–water partition coefficient (Wildman–Crippen LogP) is 1.75. The normalized spacial score (nSPS) is 11.1. The average molecular weight is 236 g/mol. The topological polar surface area (TPSA) is 79.3 Å². The van der Waals surface area contributed by atoms with Gasteiger partial charge in [0.05, 0.1) is 0 Å². The number of aromatic nitrogens is 1. The van der Waals surface area contributed by atoms with Crippen molar-refractivity contribution in [1.82, 2.24) is 4.98 Å². The number of rotatable bonds is 3. The zero-order valence-electron chi connectivity index (χ0n) is 10.4. The first-order valence-electron chi connectivity index (χ1n) is 5.23. The van der Waals surface area contributed by atoms with E-state index >= 15 is 0 Å². The molecule has 5 heteroatoms. The molecule has 0 spiro atoms. The molecule has 2 N–H and O–H groups in total. The van der Waals surface area contributed by atoms with Crippen molar-refractivity contribution in [1.29, 1.82) is 0 Å². The van der Waals surface area contributed by atoms with Gasteiger partial charge in [-0.15, -0.1) is 0 Å². The minimum Gasteiger partial charge on any atom is -0.480 e. The van der Waals surface area contributed by atoms with E-state index in [-0.39, 0.29) is 0 Å². The fraction of sp³-hybridized carbons (Fsp3) is 0.417. The highest BCUT2D eigenvalue weighted by Gasteiger charge is 2.36. The lowest BCUT2D eigenvalue weighted by atomic mass is 9.93. The van der Waals surface area contributed by atoms with Crippen molar-refractivity contribution in [2.45, 2.75) is 27.7 Å². The maximum atomic E-state index is 11.8. The number of hydrogen-bond donors (Lipinski definition) is 2. The van der Waals surface area contributed by atoms with Gasteiger partial charge in [0.2, 0.25) is 5.91 Å². The second kappa shape index (κ2) is 4.53. The lowest BCUT2D eigenvalue weighted by Crippen LogP contribution is -2.38. The summed E-state index contributed by atoms with van der Waals surface area (Å²) in [5, 5.41) is 11.4. The summed E-state index contributed by atoms with van der Waals surface area (Å²) >= 11 is 0. The minimum atomic E-state index is -1.47. The second-order valence-electron chi connectivity index (χ2n) is 4.56. The summed E-state index contributed by atoms with van der Waals surface area (Å²) < 4.78 is 0. The number of aryl methyl sites for hydroxylation is 2. The van der Waals surface area contributed by atoms with Crippen LogP contribution in [-0.4, -0.2) is 22.0 Å². The first-order valence-corrected chi connectivity index (χ1v) is 5.23. The number of amides is 1. The van der Waals surface area contributed by atoms with E-state index in [4.69, 9.17) is 5.11 Å². The summed E-state index contributed by atoms with van der Waals surface area (Å²) in [4.78, 5) is 26.8. The molecule has 17 heavy (non-hydrogen) atoms. The van der Waals surface area contributed by atoms with Crippen LogP contribution in [0.5, 0.6) is 0 Å². The van der Waals surface area contributed by atoms with E-state index < -0.39 is 17.3 Å². The molecule has 0 atom stereocenters. The first kappa shape index (κ1) is 13.2. The smallest absolute Gasteiger partial charge is 0.318 e. The first-order chi connectivity index (χ1) is 7.73. The zero-order valence-corrected chi connectivity index (χ0v) is 10.4. The Balaban J connectivity index is 2.92. The standard InChI is InChI=1S/C12H16N2O3/c1-7-5-8(2)13-9(6-7)14-10(15)12(3,4)11(16)17/h5-6H,1-4H3,(H,16,17)(H,13,14,15). The fourth-order valence-corrected chi connectivity index (χ4v) is 1.28. The van der Waals surface area contributed by atoms with Crippen LogP contribution in [0.4, 0.5) is 5.82 Å². The van der Waals surface area contributed by atoms with Crippen molar-refractivity contribution in [3.8, 4) is 0 Å². The average Bonchev–Trinajstić information content (AvgIpc) is 2.15. The van der Waals surface area contributed by atoms with Crippen LogP contribution >= 0.6 is 0 Å². The molecule has 0 aliphatic rings. The molecule has 0 fully saturated rings. The Labute approximate surface area is 99.9 Å². The summed E-state index contributed by atoms with van der Waals surface area (Å²) in [6, 6.07) is 3.57. The van der Waals surface area contributed by atoms with E-state index in [2.05, 4.69) is 10.3 Å². The van der Waals surface area contributed by atoms with Gasteiger partial charge in [-0.05, 0) is 45.4 Å². The van der Waals surface area contributed by atoms with Crippen LogP contribution < -0.4 is 5.32 Å². The molecule has 0 aliphatic heterocycles. The molecule has 1 heterocycles. The van der Waals surface area contributed by atoms with Gasteiger partial charge in [0.15, 0.2) is 0 Å². The van der Waals surface area contributed by atoms with Crippen molar-refractivity contribution in [2.75, 3.05) is 5.32 Å². The Bertz CT molecular complexity index is 447. The summed E-state index contributed by atoms with van der Waals surface area (Å²) in [5.74, 6) is -1.37. The van der Waals surface area contributed by atoms with Gasteiger partial charge in [-0.1, -0.05) is 0 Å². The van der Waals surface area contributed by atoms with Crippen LogP contribution in [0.1, 0.15) is 25.1 Å². The zero-order chi connectivity index (χ0) is 13.2. The highest BCUT2D eigenvalue weighted by atomic mass is 16.4. The third-order valence-electron chi connectivity index (χ3n) is 2.44. The number of carbonyl (C=O) groups is 2. The summed E-state index contributed by atoms with van der Waals surface area (Å²) in [7, 11) is 0. The molecule has 1 amide bonds.